The molecule has 1 aliphatic rings. The number of nitrogens with zero attached hydrogens (tertiary/aromatic N) is 1. The third-order valence-corrected chi connectivity index (χ3v) is 4.18. The molecular weight excluding hydrogens is 318 g/mol. The lowest BCUT2D eigenvalue weighted by Gasteiger charge is -2.26. The molecular formula is C16H16ClN3OS. The third-order valence-electron chi connectivity index (χ3n) is 3.65. The second-order valence-electron chi connectivity index (χ2n) is 5.21. The minimum Gasteiger partial charge on any atom is -0.497 e. The Balaban J connectivity index is 1.86. The Morgan fingerprint density at radius 2 is 1.73 bits per heavy atom. The first-order valence-corrected chi connectivity index (χ1v) is 7.61. The zero-order valence-electron chi connectivity index (χ0n) is 12.3. The molecule has 1 heterocycles. The Morgan fingerprint density at radius 3 is 2.32 bits per heavy atom. The van der Waals surface area contributed by atoms with Gasteiger partial charge >= 0.3 is 0 Å². The summed E-state index contributed by atoms with van der Waals surface area (Å²) in [5.41, 5.74) is 4.91. The number of hydrogen-bond acceptors (Lipinski definition) is 3. The van der Waals surface area contributed by atoms with Crippen LogP contribution in [-0.2, 0) is 5.66 Å². The number of halogens is 1. The van der Waals surface area contributed by atoms with Crippen LogP contribution in [-0.4, -0.2) is 12.2 Å². The Hall–Kier alpha value is -1.82. The maximum atomic E-state index is 5.96. The van der Waals surface area contributed by atoms with Crippen LogP contribution in [0.25, 0.3) is 0 Å². The van der Waals surface area contributed by atoms with E-state index in [1.165, 1.54) is 0 Å². The number of hydrazine groups is 1. The second-order valence-corrected chi connectivity index (χ2v) is 6.03. The van der Waals surface area contributed by atoms with Gasteiger partial charge in [-0.25, -0.2) is 5.01 Å². The fourth-order valence-corrected chi connectivity index (χ4v) is 2.89. The molecule has 1 aliphatic heterocycles. The summed E-state index contributed by atoms with van der Waals surface area (Å²) in [4.78, 5) is 0. The monoisotopic (exact) mass is 333 g/mol. The first-order valence-electron chi connectivity index (χ1n) is 6.82. The van der Waals surface area contributed by atoms with Crippen LogP contribution in [0.2, 0.25) is 5.02 Å². The van der Waals surface area contributed by atoms with Crippen LogP contribution in [0.1, 0.15) is 12.5 Å². The predicted octanol–water partition coefficient (Wildman–Crippen LogP) is 3.42. The fraction of sp³-hybridized carbons (Fsp3) is 0.188. The summed E-state index contributed by atoms with van der Waals surface area (Å²) < 4.78 is 5.18. The zero-order chi connectivity index (χ0) is 15.7. The predicted molar refractivity (Wildman–Crippen MR) is 93.1 cm³/mol. The summed E-state index contributed by atoms with van der Waals surface area (Å²) in [6, 6.07) is 15.4. The van der Waals surface area contributed by atoms with Crippen molar-refractivity contribution in [2.24, 2.45) is 0 Å². The summed E-state index contributed by atoms with van der Waals surface area (Å²) in [6.07, 6.45) is 0. The average Bonchev–Trinajstić information content (AvgIpc) is 2.84. The van der Waals surface area contributed by atoms with Gasteiger partial charge in [-0.15, -0.1) is 0 Å². The molecule has 6 heteroatoms. The molecule has 2 N–H and O–H groups in total. The van der Waals surface area contributed by atoms with Crippen molar-refractivity contribution in [2.45, 2.75) is 12.6 Å². The molecule has 1 saturated heterocycles. The van der Waals surface area contributed by atoms with Crippen molar-refractivity contribution >= 4 is 34.6 Å². The second kappa shape index (κ2) is 5.76. The van der Waals surface area contributed by atoms with Gasteiger partial charge in [-0.1, -0.05) is 23.7 Å². The van der Waals surface area contributed by atoms with Gasteiger partial charge in [0.1, 0.15) is 11.4 Å². The lowest BCUT2D eigenvalue weighted by Crippen LogP contribution is -2.45. The summed E-state index contributed by atoms with van der Waals surface area (Å²) in [6.45, 7) is 2.03. The molecule has 0 bridgehead atoms. The first-order chi connectivity index (χ1) is 10.5. The number of hydrogen-bond donors (Lipinski definition) is 2. The van der Waals surface area contributed by atoms with E-state index in [1.54, 1.807) is 7.11 Å². The number of benzene rings is 2. The van der Waals surface area contributed by atoms with Crippen molar-refractivity contribution in [1.29, 1.82) is 0 Å². The molecule has 1 fully saturated rings. The van der Waals surface area contributed by atoms with E-state index < -0.39 is 5.66 Å². The standard InChI is InChI=1S/C16H16ClN3OS/c1-16(11-3-5-12(17)6-4-11)18-15(22)20(19-16)13-7-9-14(21-2)10-8-13/h3-10,19H,1-2H3,(H,18,22)/t16-/m1/s1. The van der Waals surface area contributed by atoms with Crippen molar-refractivity contribution in [3.05, 3.63) is 59.1 Å². The van der Waals surface area contributed by atoms with E-state index in [4.69, 9.17) is 28.6 Å². The molecule has 4 nitrogen and oxygen atoms in total. The van der Waals surface area contributed by atoms with E-state index >= 15 is 0 Å². The van der Waals surface area contributed by atoms with Crippen molar-refractivity contribution in [3.63, 3.8) is 0 Å². The van der Waals surface area contributed by atoms with E-state index in [2.05, 4.69) is 10.7 Å². The first kappa shape index (κ1) is 15.1. The van der Waals surface area contributed by atoms with Crippen LogP contribution in [0.4, 0.5) is 5.69 Å². The number of anilines is 1. The van der Waals surface area contributed by atoms with Gasteiger partial charge in [0.25, 0.3) is 0 Å². The zero-order valence-corrected chi connectivity index (χ0v) is 13.8. The lowest BCUT2D eigenvalue weighted by molar-refractivity contribution is 0.389. The van der Waals surface area contributed by atoms with Gasteiger partial charge in [0.15, 0.2) is 5.11 Å². The topological polar surface area (TPSA) is 36.5 Å². The minimum atomic E-state index is -0.485. The van der Waals surface area contributed by atoms with Gasteiger partial charge in [-0.3, -0.25) is 0 Å². The van der Waals surface area contributed by atoms with Crippen LogP contribution in [0.15, 0.2) is 48.5 Å². The summed E-state index contributed by atoms with van der Waals surface area (Å²) in [5.74, 6) is 0.808. The number of ether oxygens (including phenoxy) is 1. The minimum absolute atomic E-state index is 0.485. The van der Waals surface area contributed by atoms with Gasteiger partial charge in [0.05, 0.1) is 12.8 Å². The Kier molecular flexibility index (Phi) is 3.95. The molecule has 114 valence electrons. The highest BCUT2D eigenvalue weighted by Crippen LogP contribution is 2.28. The summed E-state index contributed by atoms with van der Waals surface area (Å²) >= 11 is 11.4. The SMILES string of the molecule is COc1ccc(N2N[C@](C)(c3ccc(Cl)cc3)NC2=S)cc1. The lowest BCUT2D eigenvalue weighted by atomic mass is 10.0. The Bertz CT molecular complexity index is 690. The average molecular weight is 334 g/mol. The van der Waals surface area contributed by atoms with Gasteiger partial charge in [0, 0.05) is 5.02 Å². The van der Waals surface area contributed by atoms with Gasteiger partial charge in [0.2, 0.25) is 0 Å². The number of nitrogens with one attached hydrogen (secondary N) is 2. The van der Waals surface area contributed by atoms with E-state index in [-0.39, 0.29) is 0 Å². The summed E-state index contributed by atoms with van der Waals surface area (Å²) in [7, 11) is 1.65. The molecule has 3 rings (SSSR count). The maximum absolute atomic E-state index is 5.96. The van der Waals surface area contributed by atoms with Crippen molar-refractivity contribution in [1.82, 2.24) is 10.7 Å². The molecule has 2 aromatic rings. The van der Waals surface area contributed by atoms with Crippen LogP contribution >= 0.6 is 23.8 Å². The molecule has 0 aliphatic carbocycles. The van der Waals surface area contributed by atoms with Crippen LogP contribution in [0.5, 0.6) is 5.75 Å². The van der Waals surface area contributed by atoms with E-state index in [0.717, 1.165) is 17.0 Å². The van der Waals surface area contributed by atoms with E-state index in [9.17, 15) is 0 Å². The van der Waals surface area contributed by atoms with Gasteiger partial charge in [-0.05, 0) is 61.1 Å². The Morgan fingerprint density at radius 1 is 1.09 bits per heavy atom. The largest absolute Gasteiger partial charge is 0.497 e. The number of rotatable bonds is 3. The molecule has 0 amide bonds. The number of thiocarbonyl (C=S) groups is 1. The van der Waals surface area contributed by atoms with E-state index in [0.29, 0.717) is 10.1 Å². The molecule has 2 aromatic carbocycles. The molecule has 0 unspecified atom stereocenters. The third kappa shape index (κ3) is 2.75. The van der Waals surface area contributed by atoms with Crippen LogP contribution in [0, 0.1) is 0 Å². The normalized spacial score (nSPS) is 20.9. The Labute approximate surface area is 140 Å². The molecule has 0 spiro atoms. The molecule has 22 heavy (non-hydrogen) atoms. The van der Waals surface area contributed by atoms with Crippen LogP contribution in [0.3, 0.4) is 0 Å². The maximum Gasteiger partial charge on any atom is 0.190 e. The molecule has 0 aromatic heterocycles. The quantitative estimate of drug-likeness (QED) is 0.842. The van der Waals surface area contributed by atoms with Crippen molar-refractivity contribution in [3.8, 4) is 5.75 Å². The fourth-order valence-electron chi connectivity index (χ4n) is 2.41. The molecule has 0 saturated carbocycles. The highest BCUT2D eigenvalue weighted by Gasteiger charge is 2.38. The van der Waals surface area contributed by atoms with Gasteiger partial charge in [-0.2, -0.15) is 5.43 Å². The van der Waals surface area contributed by atoms with Crippen molar-refractivity contribution in [2.75, 3.05) is 12.1 Å². The highest BCUT2D eigenvalue weighted by atomic mass is 35.5. The molecule has 1 atom stereocenters. The number of methoxy groups -OCH3 is 1. The smallest absolute Gasteiger partial charge is 0.190 e. The summed E-state index contributed by atoms with van der Waals surface area (Å²) in [5, 5.41) is 6.49. The molecule has 0 radical (unpaired) electrons. The van der Waals surface area contributed by atoms with Crippen LogP contribution < -0.4 is 20.5 Å². The highest BCUT2D eigenvalue weighted by molar-refractivity contribution is 7.80. The van der Waals surface area contributed by atoms with Crippen molar-refractivity contribution < 1.29 is 4.74 Å². The van der Waals surface area contributed by atoms with Gasteiger partial charge < -0.3 is 10.1 Å². The van der Waals surface area contributed by atoms with E-state index in [1.807, 2.05) is 60.5 Å².